The molecule has 0 saturated carbocycles. The first kappa shape index (κ1) is 18.1. The topological polar surface area (TPSA) is 58.5 Å². The van der Waals surface area contributed by atoms with E-state index in [0.717, 1.165) is 51.5 Å². The molecule has 1 aliphatic heterocycles. The second-order valence-corrected chi connectivity index (χ2v) is 8.86. The van der Waals surface area contributed by atoms with Gasteiger partial charge in [0.25, 0.3) is 0 Å². The molecule has 27 heavy (non-hydrogen) atoms. The maximum Gasteiger partial charge on any atom is 0.183 e. The number of hydrogen-bond donors (Lipinski definition) is 2. The predicted molar refractivity (Wildman–Crippen MR) is 118 cm³/mol. The van der Waals surface area contributed by atoms with E-state index in [0.29, 0.717) is 5.25 Å². The van der Waals surface area contributed by atoms with Crippen LogP contribution >= 0.6 is 23.1 Å². The van der Waals surface area contributed by atoms with Gasteiger partial charge in [-0.25, -0.2) is 4.98 Å². The van der Waals surface area contributed by atoms with Crippen LogP contribution in [0.5, 0.6) is 5.75 Å². The van der Waals surface area contributed by atoms with E-state index in [1.54, 1.807) is 30.2 Å². The Bertz CT molecular complexity index is 952. The Hall–Kier alpha value is -2.25. The number of ether oxygens (including phenoxy) is 1. The zero-order valence-corrected chi connectivity index (χ0v) is 17.0. The van der Waals surface area contributed by atoms with Crippen LogP contribution in [0.15, 0.2) is 47.5 Å². The number of nitrogens with one attached hydrogen (secondary N) is 2. The third kappa shape index (κ3) is 4.36. The van der Waals surface area contributed by atoms with Gasteiger partial charge in [0.1, 0.15) is 11.3 Å². The summed E-state index contributed by atoms with van der Waals surface area (Å²) in [6, 6.07) is 14.6. The summed E-state index contributed by atoms with van der Waals surface area (Å²) in [7, 11) is 1.68. The first-order valence-corrected chi connectivity index (χ1v) is 10.7. The molecule has 1 aromatic heterocycles. The quantitative estimate of drug-likeness (QED) is 0.621. The van der Waals surface area contributed by atoms with Gasteiger partial charge in [-0.3, -0.25) is 4.99 Å². The van der Waals surface area contributed by atoms with E-state index < -0.39 is 0 Å². The first-order chi connectivity index (χ1) is 13.2. The van der Waals surface area contributed by atoms with Crippen LogP contribution in [0.4, 0.5) is 10.8 Å². The van der Waals surface area contributed by atoms with Crippen molar-refractivity contribution in [1.29, 1.82) is 0 Å². The van der Waals surface area contributed by atoms with E-state index in [4.69, 9.17) is 4.74 Å². The minimum absolute atomic E-state index is 0.570. The van der Waals surface area contributed by atoms with Gasteiger partial charge in [0.2, 0.25) is 0 Å². The highest BCUT2D eigenvalue weighted by Gasteiger charge is 2.14. The zero-order chi connectivity index (χ0) is 18.6. The maximum atomic E-state index is 5.38. The molecule has 1 unspecified atom stereocenters. The SMILES string of the molecule is COc1cccc2sc(NCCc3ccc(NC4=NCC(C)S4)cc3)nc12. The van der Waals surface area contributed by atoms with Crippen molar-refractivity contribution in [2.24, 2.45) is 4.99 Å². The summed E-state index contributed by atoms with van der Waals surface area (Å²) in [5.74, 6) is 0.819. The minimum atomic E-state index is 0.570. The summed E-state index contributed by atoms with van der Waals surface area (Å²) >= 11 is 3.45. The van der Waals surface area contributed by atoms with Crippen LogP contribution in [0.3, 0.4) is 0 Å². The highest BCUT2D eigenvalue weighted by Crippen LogP contribution is 2.32. The van der Waals surface area contributed by atoms with Gasteiger partial charge in [-0.05, 0) is 36.2 Å². The van der Waals surface area contributed by atoms with E-state index in [1.165, 1.54) is 5.56 Å². The molecule has 0 fully saturated rings. The number of amidine groups is 1. The number of rotatable bonds is 6. The molecule has 4 rings (SSSR count). The lowest BCUT2D eigenvalue weighted by atomic mass is 10.1. The van der Waals surface area contributed by atoms with Gasteiger partial charge >= 0.3 is 0 Å². The van der Waals surface area contributed by atoms with Gasteiger partial charge in [-0.2, -0.15) is 0 Å². The van der Waals surface area contributed by atoms with Crippen molar-refractivity contribution in [3.8, 4) is 5.75 Å². The average molecular weight is 399 g/mol. The third-order valence-electron chi connectivity index (χ3n) is 4.30. The Morgan fingerprint density at radius 1 is 1.19 bits per heavy atom. The number of benzene rings is 2. The predicted octanol–water partition coefficient (Wildman–Crippen LogP) is 4.86. The standard InChI is InChI=1S/C20H22N4OS2/c1-13-12-22-20(26-13)23-15-8-6-14(7-9-15)10-11-21-19-24-18-16(25-2)4-3-5-17(18)27-19/h3-9,13H,10-12H2,1-2H3,(H,21,24)(H,22,23). The fourth-order valence-electron chi connectivity index (χ4n) is 2.90. The minimum Gasteiger partial charge on any atom is -0.494 e. The monoisotopic (exact) mass is 398 g/mol. The summed E-state index contributed by atoms with van der Waals surface area (Å²) in [5, 5.41) is 9.32. The lowest BCUT2D eigenvalue weighted by molar-refractivity contribution is 0.419. The molecule has 0 bridgehead atoms. The van der Waals surface area contributed by atoms with Crippen molar-refractivity contribution in [2.45, 2.75) is 18.6 Å². The zero-order valence-electron chi connectivity index (χ0n) is 15.4. The smallest absolute Gasteiger partial charge is 0.183 e. The lowest BCUT2D eigenvalue weighted by Gasteiger charge is -2.07. The Morgan fingerprint density at radius 3 is 2.78 bits per heavy atom. The van der Waals surface area contributed by atoms with Gasteiger partial charge in [0.05, 0.1) is 18.4 Å². The molecule has 1 aliphatic rings. The van der Waals surface area contributed by atoms with Gasteiger partial charge in [-0.1, -0.05) is 48.2 Å². The molecule has 2 heterocycles. The molecule has 7 heteroatoms. The Labute approximate surface area is 167 Å². The number of thiazole rings is 1. The average Bonchev–Trinajstić information content (AvgIpc) is 3.28. The number of thioether (sulfide) groups is 1. The molecule has 2 aromatic carbocycles. The summed E-state index contributed by atoms with van der Waals surface area (Å²) in [6.45, 7) is 3.93. The number of methoxy groups -OCH3 is 1. The number of aliphatic imine (C=N–C) groups is 1. The molecule has 0 amide bonds. The highest BCUT2D eigenvalue weighted by atomic mass is 32.2. The number of anilines is 2. The van der Waals surface area contributed by atoms with Crippen LogP contribution in [0.25, 0.3) is 10.2 Å². The van der Waals surface area contributed by atoms with Gasteiger partial charge in [0, 0.05) is 17.5 Å². The van der Waals surface area contributed by atoms with Crippen LogP contribution in [-0.4, -0.2) is 35.6 Å². The lowest BCUT2D eigenvalue weighted by Crippen LogP contribution is -2.07. The van der Waals surface area contributed by atoms with Crippen molar-refractivity contribution in [3.05, 3.63) is 48.0 Å². The normalized spacial score (nSPS) is 16.4. The Balaban J connectivity index is 1.31. The van der Waals surface area contributed by atoms with Gasteiger partial charge in [-0.15, -0.1) is 0 Å². The van der Waals surface area contributed by atoms with Crippen LogP contribution < -0.4 is 15.4 Å². The number of fused-ring (bicyclic) bond motifs is 1. The number of nitrogens with zero attached hydrogens (tertiary/aromatic N) is 2. The van der Waals surface area contributed by atoms with Crippen molar-refractivity contribution in [3.63, 3.8) is 0 Å². The first-order valence-electron chi connectivity index (χ1n) is 8.96. The Morgan fingerprint density at radius 2 is 2.04 bits per heavy atom. The molecule has 140 valence electrons. The molecule has 5 nitrogen and oxygen atoms in total. The molecule has 3 aromatic rings. The van der Waals surface area contributed by atoms with Gasteiger partial charge in [0.15, 0.2) is 10.3 Å². The van der Waals surface area contributed by atoms with Crippen molar-refractivity contribution >= 4 is 49.3 Å². The molecule has 0 saturated heterocycles. The largest absolute Gasteiger partial charge is 0.494 e. The molecular weight excluding hydrogens is 376 g/mol. The maximum absolute atomic E-state index is 5.38. The van der Waals surface area contributed by atoms with E-state index in [2.05, 4.69) is 57.9 Å². The van der Waals surface area contributed by atoms with E-state index >= 15 is 0 Å². The molecule has 1 atom stereocenters. The molecule has 0 radical (unpaired) electrons. The summed E-state index contributed by atoms with van der Waals surface area (Å²) in [6.07, 6.45) is 0.945. The second kappa shape index (κ2) is 8.19. The number of hydrogen-bond acceptors (Lipinski definition) is 7. The summed E-state index contributed by atoms with van der Waals surface area (Å²) in [5.41, 5.74) is 3.30. The van der Waals surface area contributed by atoms with E-state index in [9.17, 15) is 0 Å². The molecule has 2 N–H and O–H groups in total. The van der Waals surface area contributed by atoms with Gasteiger partial charge < -0.3 is 15.4 Å². The van der Waals surface area contributed by atoms with Crippen LogP contribution in [0, 0.1) is 0 Å². The van der Waals surface area contributed by atoms with E-state index in [1.807, 2.05) is 12.1 Å². The van der Waals surface area contributed by atoms with Crippen molar-refractivity contribution < 1.29 is 4.74 Å². The second-order valence-electron chi connectivity index (χ2n) is 6.40. The summed E-state index contributed by atoms with van der Waals surface area (Å²) in [4.78, 5) is 9.14. The van der Waals surface area contributed by atoms with Crippen molar-refractivity contribution in [1.82, 2.24) is 4.98 Å². The Kier molecular flexibility index (Phi) is 5.50. The van der Waals surface area contributed by atoms with Crippen LogP contribution in [-0.2, 0) is 6.42 Å². The number of aromatic nitrogens is 1. The third-order valence-corrected chi connectivity index (χ3v) is 6.29. The fourth-order valence-corrected chi connectivity index (χ4v) is 4.67. The van der Waals surface area contributed by atoms with Crippen molar-refractivity contribution in [2.75, 3.05) is 30.8 Å². The van der Waals surface area contributed by atoms with Crippen LogP contribution in [0.1, 0.15) is 12.5 Å². The molecule has 0 spiro atoms. The molecule has 0 aliphatic carbocycles. The number of para-hydroxylation sites is 1. The fraction of sp³-hybridized carbons (Fsp3) is 0.300. The van der Waals surface area contributed by atoms with Crippen LogP contribution in [0.2, 0.25) is 0 Å². The summed E-state index contributed by atoms with van der Waals surface area (Å²) < 4.78 is 6.51. The molecular formula is C20H22N4OS2. The van der Waals surface area contributed by atoms with E-state index in [-0.39, 0.29) is 0 Å². The highest BCUT2D eigenvalue weighted by molar-refractivity contribution is 8.15.